The van der Waals surface area contributed by atoms with Crippen molar-refractivity contribution in [3.05, 3.63) is 65.7 Å². The molecule has 31 heavy (non-hydrogen) atoms. The summed E-state index contributed by atoms with van der Waals surface area (Å²) in [7, 11) is -3.49. The number of aryl methyl sites for hydroxylation is 1. The smallest absolute Gasteiger partial charge is 0.243 e. The molecule has 1 heterocycles. The number of amides is 1. The molecule has 0 fully saturated rings. The van der Waals surface area contributed by atoms with Crippen LogP contribution in [-0.2, 0) is 21.2 Å². The lowest BCUT2D eigenvalue weighted by Gasteiger charge is -2.18. The van der Waals surface area contributed by atoms with E-state index in [4.69, 9.17) is 11.6 Å². The number of hydrogen-bond acceptors (Lipinski definition) is 5. The van der Waals surface area contributed by atoms with Gasteiger partial charge in [-0.3, -0.25) is 4.79 Å². The minimum atomic E-state index is -3.49. The highest BCUT2D eigenvalue weighted by Gasteiger charge is 2.21. The molecule has 0 bridgehead atoms. The number of aromatic nitrogens is 3. The summed E-state index contributed by atoms with van der Waals surface area (Å²) in [5, 5.41) is 7.38. The first-order valence-corrected chi connectivity index (χ1v) is 11.7. The second-order valence-electron chi connectivity index (χ2n) is 6.76. The Morgan fingerprint density at radius 3 is 2.45 bits per heavy atom. The van der Waals surface area contributed by atoms with E-state index in [0.29, 0.717) is 35.9 Å². The van der Waals surface area contributed by atoms with E-state index in [9.17, 15) is 13.2 Å². The lowest BCUT2D eigenvalue weighted by atomic mass is 10.1. The Labute approximate surface area is 186 Å². The van der Waals surface area contributed by atoms with Crippen LogP contribution in [0.1, 0.15) is 25.8 Å². The molecule has 3 aromatic rings. The molecule has 10 heteroatoms. The summed E-state index contributed by atoms with van der Waals surface area (Å²) in [5.41, 5.74) is 1.95. The number of carbonyl (C=O) groups is 1. The number of rotatable bonds is 9. The fourth-order valence-corrected chi connectivity index (χ4v) is 4.90. The fraction of sp³-hybridized carbons (Fsp3) is 0.286. The predicted octanol–water partition coefficient (Wildman–Crippen LogP) is 3.52. The molecule has 2 aromatic carbocycles. The van der Waals surface area contributed by atoms with Gasteiger partial charge in [-0.05, 0) is 36.2 Å². The maximum absolute atomic E-state index is 12.6. The number of hydrogen-bond donors (Lipinski definition) is 1. The van der Waals surface area contributed by atoms with E-state index < -0.39 is 10.0 Å². The van der Waals surface area contributed by atoms with Crippen LogP contribution in [0.5, 0.6) is 0 Å². The summed E-state index contributed by atoms with van der Waals surface area (Å²) in [4.78, 5) is 16.7. The van der Waals surface area contributed by atoms with Gasteiger partial charge >= 0.3 is 0 Å². The summed E-state index contributed by atoms with van der Waals surface area (Å²) in [6.07, 6.45) is 3.59. The van der Waals surface area contributed by atoms with E-state index in [1.165, 1.54) is 21.6 Å². The van der Waals surface area contributed by atoms with Crippen LogP contribution in [0.25, 0.3) is 5.69 Å². The third kappa shape index (κ3) is 5.30. The maximum atomic E-state index is 12.6. The molecule has 8 nitrogen and oxygen atoms in total. The van der Waals surface area contributed by atoms with Crippen molar-refractivity contribution in [3.63, 3.8) is 0 Å². The summed E-state index contributed by atoms with van der Waals surface area (Å²) >= 11 is 6.28. The summed E-state index contributed by atoms with van der Waals surface area (Å²) in [6, 6.07) is 11.8. The molecule has 0 saturated heterocycles. The third-order valence-corrected chi connectivity index (χ3v) is 7.19. The van der Waals surface area contributed by atoms with Crippen LogP contribution in [0.4, 0.5) is 5.69 Å². The molecule has 1 N–H and O–H groups in total. The minimum absolute atomic E-state index is 0.191. The lowest BCUT2D eigenvalue weighted by Crippen LogP contribution is -2.30. The highest BCUT2D eigenvalue weighted by molar-refractivity contribution is 7.89. The molecular weight excluding hydrogens is 438 g/mol. The van der Waals surface area contributed by atoms with Crippen molar-refractivity contribution in [2.75, 3.05) is 18.4 Å². The lowest BCUT2D eigenvalue weighted by molar-refractivity contribution is -0.116. The minimum Gasteiger partial charge on any atom is -0.324 e. The summed E-state index contributed by atoms with van der Waals surface area (Å²) < 4.78 is 28.0. The molecule has 164 valence electrons. The fourth-order valence-electron chi connectivity index (χ4n) is 3.18. The number of anilines is 1. The van der Waals surface area contributed by atoms with Crippen molar-refractivity contribution >= 4 is 33.2 Å². The number of para-hydroxylation sites is 1. The average molecular weight is 462 g/mol. The molecule has 0 radical (unpaired) electrons. The number of sulfonamides is 1. The van der Waals surface area contributed by atoms with Crippen molar-refractivity contribution in [2.24, 2.45) is 0 Å². The Bertz CT molecular complexity index is 1130. The monoisotopic (exact) mass is 461 g/mol. The van der Waals surface area contributed by atoms with Crippen LogP contribution in [0.3, 0.4) is 0 Å². The first-order chi connectivity index (χ1) is 14.9. The highest BCUT2D eigenvalue weighted by Crippen LogP contribution is 2.28. The molecule has 0 unspecified atom stereocenters. The van der Waals surface area contributed by atoms with Crippen molar-refractivity contribution in [1.29, 1.82) is 0 Å². The second kappa shape index (κ2) is 10.0. The standard InChI is InChI=1S/C21H24ClN5O3S/c1-3-26(4-2)31(29,30)17-11-8-16(9-12-17)10-13-20(28)25-19-7-5-6-18(22)21(19)27-15-23-14-24-27/h5-9,11-12,14-15H,3-4,10,13H2,1-2H3,(H,25,28). The number of nitrogens with zero attached hydrogens (tertiary/aromatic N) is 4. The molecule has 0 spiro atoms. The average Bonchev–Trinajstić information content (AvgIpc) is 3.28. The largest absolute Gasteiger partial charge is 0.324 e. The van der Waals surface area contributed by atoms with E-state index in [1.54, 1.807) is 42.5 Å². The molecule has 1 aromatic heterocycles. The van der Waals surface area contributed by atoms with Gasteiger partial charge in [-0.1, -0.05) is 43.6 Å². The zero-order valence-electron chi connectivity index (χ0n) is 17.3. The molecular formula is C21H24ClN5O3S. The van der Waals surface area contributed by atoms with Crippen molar-refractivity contribution in [2.45, 2.75) is 31.6 Å². The van der Waals surface area contributed by atoms with Crippen LogP contribution in [0.15, 0.2) is 60.0 Å². The van der Waals surface area contributed by atoms with Crippen LogP contribution in [-0.4, -0.2) is 46.5 Å². The Hall–Kier alpha value is -2.75. The Kier molecular flexibility index (Phi) is 7.42. The molecule has 3 rings (SSSR count). The van der Waals surface area contributed by atoms with Crippen molar-refractivity contribution in [3.8, 4) is 5.69 Å². The molecule has 1 amide bonds. The van der Waals surface area contributed by atoms with Crippen LogP contribution < -0.4 is 5.32 Å². The van der Waals surface area contributed by atoms with Gasteiger partial charge in [-0.2, -0.15) is 9.40 Å². The maximum Gasteiger partial charge on any atom is 0.243 e. The van der Waals surface area contributed by atoms with Crippen LogP contribution in [0, 0.1) is 0 Å². The first-order valence-electron chi connectivity index (χ1n) is 9.89. The topological polar surface area (TPSA) is 97.2 Å². The van der Waals surface area contributed by atoms with Crippen molar-refractivity contribution in [1.82, 2.24) is 19.1 Å². The van der Waals surface area contributed by atoms with Gasteiger partial charge in [0.1, 0.15) is 18.3 Å². The van der Waals surface area contributed by atoms with E-state index in [0.717, 1.165) is 5.56 Å². The van der Waals surface area contributed by atoms with Gasteiger partial charge in [0.15, 0.2) is 0 Å². The predicted molar refractivity (Wildman–Crippen MR) is 120 cm³/mol. The molecule has 0 aliphatic heterocycles. The van der Waals surface area contributed by atoms with E-state index in [-0.39, 0.29) is 17.2 Å². The number of carbonyl (C=O) groups excluding carboxylic acids is 1. The first kappa shape index (κ1) is 22.9. The van der Waals surface area contributed by atoms with Crippen LogP contribution >= 0.6 is 11.6 Å². The molecule has 0 aliphatic rings. The third-order valence-electron chi connectivity index (χ3n) is 4.82. The Morgan fingerprint density at radius 1 is 1.13 bits per heavy atom. The molecule has 0 saturated carbocycles. The van der Waals surface area contributed by atoms with Gasteiger partial charge in [-0.15, -0.1) is 0 Å². The Morgan fingerprint density at radius 2 is 1.84 bits per heavy atom. The van der Waals surface area contributed by atoms with E-state index >= 15 is 0 Å². The Balaban J connectivity index is 1.66. The number of nitrogens with one attached hydrogen (secondary N) is 1. The normalized spacial score (nSPS) is 11.6. The number of halogens is 1. The SMILES string of the molecule is CCN(CC)S(=O)(=O)c1ccc(CCC(=O)Nc2cccc(Cl)c2-n2cncn2)cc1. The van der Waals surface area contributed by atoms with Gasteiger partial charge in [0.25, 0.3) is 0 Å². The second-order valence-corrected chi connectivity index (χ2v) is 9.10. The zero-order chi connectivity index (χ0) is 22.4. The van der Waals surface area contributed by atoms with Crippen LogP contribution in [0.2, 0.25) is 5.02 Å². The van der Waals surface area contributed by atoms with Crippen molar-refractivity contribution < 1.29 is 13.2 Å². The summed E-state index contributed by atoms with van der Waals surface area (Å²) in [6.45, 7) is 4.45. The molecule has 0 aliphatic carbocycles. The quantitative estimate of drug-likeness (QED) is 0.525. The zero-order valence-corrected chi connectivity index (χ0v) is 18.9. The highest BCUT2D eigenvalue weighted by atomic mass is 35.5. The van der Waals surface area contributed by atoms with Gasteiger partial charge in [0.05, 0.1) is 15.6 Å². The van der Waals surface area contributed by atoms with Gasteiger partial charge in [0.2, 0.25) is 15.9 Å². The molecule has 0 atom stereocenters. The summed E-state index contributed by atoms with van der Waals surface area (Å²) in [5.74, 6) is -0.191. The van der Waals surface area contributed by atoms with Gasteiger partial charge in [-0.25, -0.2) is 18.1 Å². The number of benzene rings is 2. The van der Waals surface area contributed by atoms with E-state index in [1.807, 2.05) is 13.8 Å². The van der Waals surface area contributed by atoms with E-state index in [2.05, 4.69) is 15.4 Å². The van der Waals surface area contributed by atoms with Gasteiger partial charge < -0.3 is 5.32 Å². The van der Waals surface area contributed by atoms with Gasteiger partial charge in [0, 0.05) is 19.5 Å².